The fourth-order valence-corrected chi connectivity index (χ4v) is 8.56. The van der Waals surface area contributed by atoms with Crippen LogP contribution in [0.3, 0.4) is 0 Å². The molecule has 3 aliphatic rings. The lowest BCUT2D eigenvalue weighted by Crippen LogP contribution is -2.52. The van der Waals surface area contributed by atoms with Gasteiger partial charge in [0, 0.05) is 29.7 Å². The number of hydrogen-bond donors (Lipinski definition) is 0. The lowest BCUT2D eigenvalue weighted by atomic mass is 9.80. The fourth-order valence-electron chi connectivity index (χ4n) is 6.67. The number of ether oxygens (including phenoxy) is 1. The molecule has 0 N–H and O–H groups in total. The molecule has 2 fully saturated rings. The van der Waals surface area contributed by atoms with Crippen LogP contribution in [-0.4, -0.2) is 74.4 Å². The summed E-state index contributed by atoms with van der Waals surface area (Å²) in [5.74, 6) is 0.277. The number of halogens is 2. The zero-order valence-electron chi connectivity index (χ0n) is 26.0. The molecule has 0 bridgehead atoms. The minimum atomic E-state index is -0.592. The van der Waals surface area contributed by atoms with Crippen LogP contribution in [0.2, 0.25) is 10.0 Å². The van der Waals surface area contributed by atoms with Crippen molar-refractivity contribution >= 4 is 52.1 Å². The highest BCUT2D eigenvalue weighted by Gasteiger charge is 2.58. The second-order valence-corrected chi connectivity index (χ2v) is 15.2. The van der Waals surface area contributed by atoms with Crippen LogP contribution in [0, 0.1) is 5.92 Å². The van der Waals surface area contributed by atoms with E-state index < -0.39 is 11.1 Å². The zero-order chi connectivity index (χ0) is 31.3. The van der Waals surface area contributed by atoms with Gasteiger partial charge in [0.2, 0.25) is 5.91 Å². The number of likely N-dealkylation sites (tertiary alicyclic amines) is 1. The molecule has 2 saturated heterocycles. The summed E-state index contributed by atoms with van der Waals surface area (Å²) < 4.78 is 5.61. The average Bonchev–Trinajstić information content (AvgIpc) is 3.62. The molecule has 232 valence electrons. The van der Waals surface area contributed by atoms with Crippen molar-refractivity contribution < 1.29 is 14.3 Å². The quantitative estimate of drug-likeness (QED) is 0.324. The monoisotopic (exact) mass is 644 g/mol. The largest absolute Gasteiger partial charge is 0.444 e. The van der Waals surface area contributed by atoms with E-state index in [1.54, 1.807) is 16.7 Å². The molecule has 5 atom stereocenters. The second-order valence-electron chi connectivity index (χ2n) is 13.2. The first kappa shape index (κ1) is 32.0. The lowest BCUT2D eigenvalue weighted by Gasteiger charge is -2.41. The van der Waals surface area contributed by atoms with E-state index in [0.29, 0.717) is 29.7 Å². The molecule has 4 unspecified atom stereocenters. The van der Waals surface area contributed by atoms with Crippen LogP contribution in [-0.2, 0) is 15.1 Å². The third kappa shape index (κ3) is 6.25. The summed E-state index contributed by atoms with van der Waals surface area (Å²) in [7, 11) is 0. The van der Waals surface area contributed by atoms with Gasteiger partial charge < -0.3 is 19.4 Å². The van der Waals surface area contributed by atoms with Crippen molar-refractivity contribution in [2.75, 3.05) is 19.6 Å². The number of rotatable bonds is 6. The molecule has 2 aromatic rings. The first-order valence-corrected chi connectivity index (χ1v) is 16.7. The van der Waals surface area contributed by atoms with Crippen molar-refractivity contribution in [3.8, 4) is 0 Å². The van der Waals surface area contributed by atoms with E-state index in [1.807, 2.05) is 69.0 Å². The smallest absolute Gasteiger partial charge is 0.410 e. The van der Waals surface area contributed by atoms with Crippen molar-refractivity contribution in [2.24, 2.45) is 10.9 Å². The van der Waals surface area contributed by atoms with Crippen molar-refractivity contribution in [3.05, 3.63) is 69.7 Å². The van der Waals surface area contributed by atoms with Gasteiger partial charge in [-0.2, -0.15) is 0 Å². The Hall–Kier alpha value is -2.42. The van der Waals surface area contributed by atoms with Gasteiger partial charge in [0.05, 0.1) is 18.1 Å². The van der Waals surface area contributed by atoms with E-state index in [-0.39, 0.29) is 41.3 Å². The fraction of sp³-hybridized carbons (Fsp3) is 0.545. The number of fused-ring (bicyclic) bond motifs is 1. The number of likely N-dealkylation sites (N-methyl/N-ethyl adjacent to an activating group) is 1. The van der Waals surface area contributed by atoms with Gasteiger partial charge in [0.15, 0.2) is 5.17 Å². The highest BCUT2D eigenvalue weighted by atomic mass is 35.5. The number of aliphatic imine (C=N–C) groups is 1. The molecule has 2 aromatic carbocycles. The maximum atomic E-state index is 14.4. The summed E-state index contributed by atoms with van der Waals surface area (Å²) in [5, 5.41) is 1.92. The van der Waals surface area contributed by atoms with Crippen molar-refractivity contribution in [2.45, 2.75) is 89.4 Å². The van der Waals surface area contributed by atoms with E-state index in [2.05, 4.69) is 37.8 Å². The standard InChI is InChI=1S/C33H42Cl2N4O3S/c1-8-38(25-17-18-37(19-25)31(41)42-32(4,5)6)29(40)27-26(20(2)3)39-28(21-9-13-23(34)14-10-21)33(7,36-30(39)43-27)22-11-15-24(35)16-12-22/h9-16,20,25-28H,8,17-19H2,1-7H3/t25?,26?,27?,28-,33?/m1/s1. The molecule has 7 nitrogen and oxygen atoms in total. The third-order valence-corrected chi connectivity index (χ3v) is 10.4. The predicted molar refractivity (Wildman–Crippen MR) is 176 cm³/mol. The first-order chi connectivity index (χ1) is 20.2. The number of benzene rings is 2. The van der Waals surface area contributed by atoms with Gasteiger partial charge in [-0.1, -0.05) is 73.1 Å². The van der Waals surface area contributed by atoms with Gasteiger partial charge in [0.25, 0.3) is 0 Å². The zero-order valence-corrected chi connectivity index (χ0v) is 28.3. The Balaban J connectivity index is 1.46. The van der Waals surface area contributed by atoms with Gasteiger partial charge in [-0.3, -0.25) is 4.79 Å². The summed E-state index contributed by atoms with van der Waals surface area (Å²) in [6, 6.07) is 15.6. The molecule has 0 saturated carbocycles. The molecule has 3 heterocycles. The Morgan fingerprint density at radius 3 is 2.26 bits per heavy atom. The van der Waals surface area contributed by atoms with E-state index in [4.69, 9.17) is 32.9 Å². The normalized spacial score (nSPS) is 27.0. The highest BCUT2D eigenvalue weighted by molar-refractivity contribution is 8.15. The van der Waals surface area contributed by atoms with E-state index in [0.717, 1.165) is 22.7 Å². The summed E-state index contributed by atoms with van der Waals surface area (Å²) in [4.78, 5) is 38.6. The Labute approximate surface area is 269 Å². The van der Waals surface area contributed by atoms with Gasteiger partial charge in [0.1, 0.15) is 16.4 Å². The minimum Gasteiger partial charge on any atom is -0.444 e. The Bertz CT molecular complexity index is 1380. The summed E-state index contributed by atoms with van der Waals surface area (Å²) >= 11 is 14.1. The Kier molecular flexibility index (Phi) is 9.05. The maximum Gasteiger partial charge on any atom is 0.410 e. The van der Waals surface area contributed by atoms with Crippen LogP contribution in [0.5, 0.6) is 0 Å². The van der Waals surface area contributed by atoms with Crippen LogP contribution in [0.4, 0.5) is 4.79 Å². The number of amidine groups is 1. The van der Waals surface area contributed by atoms with Crippen LogP contribution < -0.4 is 0 Å². The third-order valence-electron chi connectivity index (χ3n) is 8.64. The van der Waals surface area contributed by atoms with Crippen LogP contribution >= 0.6 is 35.0 Å². The van der Waals surface area contributed by atoms with Crippen molar-refractivity contribution in [1.29, 1.82) is 0 Å². The first-order valence-electron chi connectivity index (χ1n) is 15.1. The maximum absolute atomic E-state index is 14.4. The number of thioether (sulfide) groups is 1. The average molecular weight is 646 g/mol. The van der Waals surface area contributed by atoms with E-state index in [9.17, 15) is 9.59 Å². The van der Waals surface area contributed by atoms with Gasteiger partial charge in [-0.05, 0) is 82.3 Å². The summed E-state index contributed by atoms with van der Waals surface area (Å²) in [5.41, 5.74) is 1.00. The number of amides is 2. The Morgan fingerprint density at radius 1 is 1.09 bits per heavy atom. The number of carbonyl (C=O) groups is 2. The number of carbonyl (C=O) groups excluding carboxylic acids is 2. The molecule has 10 heteroatoms. The Morgan fingerprint density at radius 2 is 1.70 bits per heavy atom. The lowest BCUT2D eigenvalue weighted by molar-refractivity contribution is -0.133. The van der Waals surface area contributed by atoms with Crippen LogP contribution in [0.15, 0.2) is 53.5 Å². The SMILES string of the molecule is CCN(C(=O)C1SC2=NC(C)(c3ccc(Cl)cc3)[C@@H](c3ccc(Cl)cc3)N2C1C(C)C)C1CCN(C(=O)OC(C)(C)C)C1. The summed E-state index contributed by atoms with van der Waals surface area (Å²) in [6.07, 6.45) is 0.408. The van der Waals surface area contributed by atoms with Crippen molar-refractivity contribution in [3.63, 3.8) is 0 Å². The predicted octanol–water partition coefficient (Wildman–Crippen LogP) is 7.62. The van der Waals surface area contributed by atoms with E-state index >= 15 is 0 Å². The second kappa shape index (κ2) is 12.2. The molecule has 0 radical (unpaired) electrons. The van der Waals surface area contributed by atoms with Crippen molar-refractivity contribution in [1.82, 2.24) is 14.7 Å². The van der Waals surface area contributed by atoms with Gasteiger partial charge in [-0.25, -0.2) is 9.79 Å². The molecular weight excluding hydrogens is 603 g/mol. The van der Waals surface area contributed by atoms with Gasteiger partial charge in [-0.15, -0.1) is 0 Å². The molecule has 3 aliphatic heterocycles. The van der Waals surface area contributed by atoms with E-state index in [1.165, 1.54) is 0 Å². The minimum absolute atomic E-state index is 0.0535. The highest BCUT2D eigenvalue weighted by Crippen LogP contribution is 2.55. The molecule has 0 spiro atoms. The molecule has 43 heavy (non-hydrogen) atoms. The number of nitrogens with zero attached hydrogens (tertiary/aromatic N) is 4. The van der Waals surface area contributed by atoms with Crippen LogP contribution in [0.25, 0.3) is 0 Å². The molecule has 2 amide bonds. The number of hydrogen-bond acceptors (Lipinski definition) is 6. The summed E-state index contributed by atoms with van der Waals surface area (Å²) in [6.45, 7) is 15.8. The molecule has 0 aromatic heterocycles. The molecule has 5 rings (SSSR count). The van der Waals surface area contributed by atoms with Gasteiger partial charge >= 0.3 is 6.09 Å². The molecular formula is C33H42Cl2N4O3S. The molecule has 0 aliphatic carbocycles. The van der Waals surface area contributed by atoms with Crippen LogP contribution in [0.1, 0.15) is 72.1 Å². The topological polar surface area (TPSA) is 65.5 Å².